The van der Waals surface area contributed by atoms with E-state index in [1.165, 1.54) is 12.8 Å². The monoisotopic (exact) mass is 349 g/mol. The van der Waals surface area contributed by atoms with Crippen molar-refractivity contribution in [1.82, 2.24) is 10.2 Å². The largest absolute Gasteiger partial charge is 0.483 e. The number of carbonyl (C=O) groups is 1. The number of fused-ring (bicyclic) bond motifs is 4. The molecule has 1 amide bonds. The van der Waals surface area contributed by atoms with Gasteiger partial charge in [-0.05, 0) is 57.8 Å². The Morgan fingerprint density at radius 3 is 2.79 bits per heavy atom. The number of nitrogens with zero attached hydrogens (tertiary/aromatic N) is 1. The van der Waals surface area contributed by atoms with Gasteiger partial charge in [-0.25, -0.2) is 0 Å². The van der Waals surface area contributed by atoms with E-state index in [4.69, 9.17) is 16.3 Å². The van der Waals surface area contributed by atoms with Gasteiger partial charge >= 0.3 is 0 Å². The molecular formula is C18H24ClN3O2. The molecule has 1 unspecified atom stereocenters. The Balaban J connectivity index is 1.59. The molecule has 24 heavy (non-hydrogen) atoms. The van der Waals surface area contributed by atoms with E-state index in [-0.39, 0.29) is 17.6 Å². The third-order valence-electron chi connectivity index (χ3n) is 5.35. The molecule has 5 rings (SSSR count). The number of carbonyl (C=O) groups excluding carboxylic acids is 1. The van der Waals surface area contributed by atoms with Gasteiger partial charge in [0, 0.05) is 17.6 Å². The first-order chi connectivity index (χ1) is 11.4. The molecule has 4 aliphatic heterocycles. The Kier molecular flexibility index (Phi) is 3.88. The summed E-state index contributed by atoms with van der Waals surface area (Å²) in [6.45, 7) is 7.96. The fraction of sp³-hybridized carbons (Fsp3) is 0.611. The van der Waals surface area contributed by atoms with Crippen LogP contribution in [0.2, 0.25) is 5.02 Å². The highest BCUT2D eigenvalue weighted by molar-refractivity contribution is 6.31. The molecule has 130 valence electrons. The van der Waals surface area contributed by atoms with Crippen LogP contribution in [0.4, 0.5) is 5.69 Å². The lowest BCUT2D eigenvalue weighted by Gasteiger charge is -2.45. The molecule has 0 spiro atoms. The summed E-state index contributed by atoms with van der Waals surface area (Å²) < 4.78 is 6.09. The molecule has 4 aliphatic rings. The second-order valence-electron chi connectivity index (χ2n) is 7.76. The van der Waals surface area contributed by atoms with E-state index in [2.05, 4.69) is 15.5 Å². The Morgan fingerprint density at radius 1 is 1.38 bits per heavy atom. The molecule has 5 nitrogen and oxygen atoms in total. The molecule has 0 aliphatic carbocycles. The summed E-state index contributed by atoms with van der Waals surface area (Å²) in [5, 5.41) is 7.09. The Labute approximate surface area is 147 Å². The Morgan fingerprint density at radius 2 is 2.12 bits per heavy atom. The van der Waals surface area contributed by atoms with Gasteiger partial charge in [-0.3, -0.25) is 4.79 Å². The molecule has 2 bridgehead atoms. The van der Waals surface area contributed by atoms with E-state index in [9.17, 15) is 4.79 Å². The van der Waals surface area contributed by atoms with E-state index in [1.54, 1.807) is 6.07 Å². The number of piperidine rings is 3. The van der Waals surface area contributed by atoms with Crippen molar-refractivity contribution < 1.29 is 9.53 Å². The zero-order valence-electron chi connectivity index (χ0n) is 14.2. The Bertz CT molecular complexity index is 668. The first kappa shape index (κ1) is 16.0. The van der Waals surface area contributed by atoms with E-state index < -0.39 is 0 Å². The minimum absolute atomic E-state index is 0.0907. The van der Waals surface area contributed by atoms with Gasteiger partial charge in [-0.15, -0.1) is 0 Å². The summed E-state index contributed by atoms with van der Waals surface area (Å²) in [4.78, 5) is 15.4. The topological polar surface area (TPSA) is 53.6 Å². The number of hydrogen-bond acceptors (Lipinski definition) is 4. The van der Waals surface area contributed by atoms with Crippen LogP contribution in [0.5, 0.6) is 5.75 Å². The van der Waals surface area contributed by atoms with Crippen LogP contribution in [0.3, 0.4) is 0 Å². The zero-order chi connectivity index (χ0) is 16.9. The number of nitrogens with one attached hydrogen (secondary N) is 2. The van der Waals surface area contributed by atoms with Gasteiger partial charge in [0.2, 0.25) is 0 Å². The average molecular weight is 350 g/mol. The molecule has 2 N–H and O–H groups in total. The van der Waals surface area contributed by atoms with Crippen LogP contribution in [0, 0.1) is 5.92 Å². The zero-order valence-corrected chi connectivity index (χ0v) is 14.9. The van der Waals surface area contributed by atoms with E-state index in [0.29, 0.717) is 28.8 Å². The third-order valence-corrected chi connectivity index (χ3v) is 5.57. The summed E-state index contributed by atoms with van der Waals surface area (Å²) in [7, 11) is 0. The summed E-state index contributed by atoms with van der Waals surface area (Å²) >= 11 is 6.22. The molecule has 4 heterocycles. The van der Waals surface area contributed by atoms with Crippen molar-refractivity contribution in [2.24, 2.45) is 5.92 Å². The standard InChI is InChI=1S/C18H24ClN3O2/c1-18(2)10-20-14-8-12(19)7-13(16(14)24-18)17(23)21-15-9-22-5-3-11(15)4-6-22/h7-8,11,15,20H,3-6,9-10H2,1-2H3,(H,21,23). The van der Waals surface area contributed by atoms with Crippen LogP contribution in [-0.2, 0) is 0 Å². The minimum Gasteiger partial charge on any atom is -0.483 e. The molecule has 1 atom stereocenters. The lowest BCUT2D eigenvalue weighted by molar-refractivity contribution is 0.0612. The van der Waals surface area contributed by atoms with Crippen molar-refractivity contribution in [2.75, 3.05) is 31.5 Å². The van der Waals surface area contributed by atoms with Gasteiger partial charge in [-0.2, -0.15) is 0 Å². The number of benzene rings is 1. The third kappa shape index (κ3) is 2.95. The average Bonchev–Trinajstić information content (AvgIpc) is 2.55. The van der Waals surface area contributed by atoms with Crippen molar-refractivity contribution in [3.05, 3.63) is 22.7 Å². The number of ether oxygens (including phenoxy) is 1. The maximum Gasteiger partial charge on any atom is 0.255 e. The molecule has 0 radical (unpaired) electrons. The van der Waals surface area contributed by atoms with Gasteiger partial charge in [0.05, 0.1) is 17.8 Å². The van der Waals surface area contributed by atoms with Crippen LogP contribution >= 0.6 is 11.6 Å². The summed E-state index contributed by atoms with van der Waals surface area (Å²) in [6.07, 6.45) is 2.34. The van der Waals surface area contributed by atoms with Crippen LogP contribution in [0.25, 0.3) is 0 Å². The predicted molar refractivity (Wildman–Crippen MR) is 95.1 cm³/mol. The fourth-order valence-corrected chi connectivity index (χ4v) is 4.22. The fourth-order valence-electron chi connectivity index (χ4n) is 4.00. The second-order valence-corrected chi connectivity index (χ2v) is 8.20. The van der Waals surface area contributed by atoms with Gasteiger partial charge in [-0.1, -0.05) is 11.6 Å². The maximum atomic E-state index is 12.9. The maximum absolute atomic E-state index is 12.9. The minimum atomic E-state index is -0.356. The van der Waals surface area contributed by atoms with Gasteiger partial charge in [0.15, 0.2) is 5.75 Å². The smallest absolute Gasteiger partial charge is 0.255 e. The molecule has 1 aromatic carbocycles. The van der Waals surface area contributed by atoms with Gasteiger partial charge in [0.25, 0.3) is 5.91 Å². The van der Waals surface area contributed by atoms with Crippen LogP contribution < -0.4 is 15.4 Å². The van der Waals surface area contributed by atoms with Crippen molar-refractivity contribution in [2.45, 2.75) is 38.3 Å². The van der Waals surface area contributed by atoms with E-state index >= 15 is 0 Å². The molecule has 3 fully saturated rings. The normalized spacial score (nSPS) is 30.0. The highest BCUT2D eigenvalue weighted by Crippen LogP contribution is 2.39. The van der Waals surface area contributed by atoms with E-state index in [0.717, 1.165) is 25.3 Å². The summed E-state index contributed by atoms with van der Waals surface area (Å²) in [5.74, 6) is 1.10. The van der Waals surface area contributed by atoms with E-state index in [1.807, 2.05) is 19.9 Å². The van der Waals surface area contributed by atoms with Crippen LogP contribution in [-0.4, -0.2) is 48.6 Å². The number of anilines is 1. The second kappa shape index (κ2) is 5.81. The highest BCUT2D eigenvalue weighted by Gasteiger charge is 2.36. The van der Waals surface area contributed by atoms with Crippen LogP contribution in [0.15, 0.2) is 12.1 Å². The molecule has 1 aromatic rings. The summed E-state index contributed by atoms with van der Waals surface area (Å²) in [5.41, 5.74) is 0.959. The van der Waals surface area contributed by atoms with Crippen molar-refractivity contribution in [3.8, 4) is 5.75 Å². The lowest BCUT2D eigenvalue weighted by atomic mass is 9.84. The summed E-state index contributed by atoms with van der Waals surface area (Å²) in [6, 6.07) is 3.75. The van der Waals surface area contributed by atoms with Gasteiger partial charge in [0.1, 0.15) is 5.60 Å². The van der Waals surface area contributed by atoms with Gasteiger partial charge < -0.3 is 20.3 Å². The molecule has 3 saturated heterocycles. The quantitative estimate of drug-likeness (QED) is 0.862. The van der Waals surface area contributed by atoms with Crippen molar-refractivity contribution >= 4 is 23.2 Å². The highest BCUT2D eigenvalue weighted by atomic mass is 35.5. The first-order valence-corrected chi connectivity index (χ1v) is 9.09. The molecule has 0 saturated carbocycles. The lowest BCUT2D eigenvalue weighted by Crippen LogP contribution is -2.57. The van der Waals surface area contributed by atoms with Crippen LogP contribution in [0.1, 0.15) is 37.0 Å². The van der Waals surface area contributed by atoms with Crippen molar-refractivity contribution in [3.63, 3.8) is 0 Å². The molecular weight excluding hydrogens is 326 g/mol. The van der Waals surface area contributed by atoms with Crippen molar-refractivity contribution in [1.29, 1.82) is 0 Å². The Hall–Kier alpha value is -1.46. The molecule has 0 aromatic heterocycles. The number of rotatable bonds is 2. The predicted octanol–water partition coefficient (Wildman–Crippen LogP) is 2.75. The molecule has 6 heteroatoms. The number of amides is 1. The number of halogens is 1. The number of hydrogen-bond donors (Lipinski definition) is 2. The first-order valence-electron chi connectivity index (χ1n) is 8.71. The SMILES string of the molecule is CC1(C)CNc2cc(Cl)cc(C(=O)NC3CN4CCC3CC4)c2O1.